The summed E-state index contributed by atoms with van der Waals surface area (Å²) in [5, 5.41) is 11.5. The summed E-state index contributed by atoms with van der Waals surface area (Å²) in [6.07, 6.45) is 2.58. The molecule has 0 fully saturated rings. The van der Waals surface area contributed by atoms with Crippen molar-refractivity contribution in [1.29, 1.82) is 0 Å². The van der Waals surface area contributed by atoms with E-state index in [4.69, 9.17) is 4.42 Å². The van der Waals surface area contributed by atoms with E-state index in [1.807, 2.05) is 0 Å². The van der Waals surface area contributed by atoms with Gasteiger partial charge in [0.05, 0.1) is 6.42 Å². The van der Waals surface area contributed by atoms with Gasteiger partial charge in [0, 0.05) is 6.42 Å². The summed E-state index contributed by atoms with van der Waals surface area (Å²) >= 11 is 0. The molecule has 4 heteroatoms. The molecule has 0 spiro atoms. The van der Waals surface area contributed by atoms with Crippen molar-refractivity contribution < 1.29 is 4.42 Å². The lowest BCUT2D eigenvalue weighted by Crippen LogP contribution is -2.14. The first kappa shape index (κ1) is 14.7. The summed E-state index contributed by atoms with van der Waals surface area (Å²) in [5.41, 5.74) is 3.83. The van der Waals surface area contributed by atoms with Gasteiger partial charge in [-0.2, -0.15) is 0 Å². The zero-order valence-corrected chi connectivity index (χ0v) is 12.6. The molecule has 4 nitrogen and oxygen atoms in total. The van der Waals surface area contributed by atoms with Crippen LogP contribution in [0.15, 0.2) is 22.6 Å². The Kier molecular flexibility index (Phi) is 5.30. The third-order valence-electron chi connectivity index (χ3n) is 3.43. The molecular formula is C16H23N3O. The average Bonchev–Trinajstić information content (AvgIpc) is 2.87. The van der Waals surface area contributed by atoms with E-state index in [1.54, 1.807) is 0 Å². The molecule has 0 saturated carbocycles. The van der Waals surface area contributed by atoms with E-state index in [2.05, 4.69) is 54.5 Å². The maximum atomic E-state index is 5.69. The topological polar surface area (TPSA) is 51.0 Å². The number of hydrogen-bond acceptors (Lipinski definition) is 4. The quantitative estimate of drug-likeness (QED) is 0.788. The third-order valence-corrected chi connectivity index (χ3v) is 3.43. The SMILES string of the molecule is CCNCCCc1nnc(Cc2ccc(C)c(C)c2)o1. The second kappa shape index (κ2) is 7.20. The zero-order valence-electron chi connectivity index (χ0n) is 12.6. The van der Waals surface area contributed by atoms with Crippen molar-refractivity contribution in [3.63, 3.8) is 0 Å². The summed E-state index contributed by atoms with van der Waals surface area (Å²) < 4.78 is 5.69. The van der Waals surface area contributed by atoms with Crippen LogP contribution in [-0.2, 0) is 12.8 Å². The Labute approximate surface area is 120 Å². The lowest BCUT2D eigenvalue weighted by Gasteiger charge is -2.02. The molecule has 0 saturated heterocycles. The van der Waals surface area contributed by atoms with Crippen LogP contribution in [0.1, 0.15) is 41.8 Å². The molecule has 1 aromatic carbocycles. The molecule has 0 unspecified atom stereocenters. The number of aryl methyl sites for hydroxylation is 3. The molecule has 1 heterocycles. The molecule has 0 amide bonds. The van der Waals surface area contributed by atoms with Gasteiger partial charge in [-0.1, -0.05) is 25.1 Å². The van der Waals surface area contributed by atoms with Crippen LogP contribution in [0.2, 0.25) is 0 Å². The Morgan fingerprint density at radius 2 is 1.90 bits per heavy atom. The van der Waals surface area contributed by atoms with Crippen LogP contribution in [-0.4, -0.2) is 23.3 Å². The molecule has 1 N–H and O–H groups in total. The van der Waals surface area contributed by atoms with Crippen molar-refractivity contribution in [3.8, 4) is 0 Å². The van der Waals surface area contributed by atoms with Crippen LogP contribution < -0.4 is 5.32 Å². The monoisotopic (exact) mass is 273 g/mol. The van der Waals surface area contributed by atoms with E-state index in [0.717, 1.165) is 31.8 Å². The summed E-state index contributed by atoms with van der Waals surface area (Å²) in [5.74, 6) is 1.44. The van der Waals surface area contributed by atoms with Gasteiger partial charge in [-0.25, -0.2) is 0 Å². The second-order valence-electron chi connectivity index (χ2n) is 5.14. The van der Waals surface area contributed by atoms with Crippen LogP contribution in [0.4, 0.5) is 0 Å². The molecule has 2 aromatic rings. The van der Waals surface area contributed by atoms with E-state index >= 15 is 0 Å². The van der Waals surface area contributed by atoms with Crippen LogP contribution >= 0.6 is 0 Å². The minimum absolute atomic E-state index is 0.701. The number of nitrogens with one attached hydrogen (secondary N) is 1. The molecule has 0 aliphatic carbocycles. The average molecular weight is 273 g/mol. The Bertz CT molecular complexity index is 548. The molecule has 0 aliphatic rings. The van der Waals surface area contributed by atoms with Crippen molar-refractivity contribution in [2.24, 2.45) is 0 Å². The number of nitrogens with zero attached hydrogens (tertiary/aromatic N) is 2. The fraction of sp³-hybridized carbons (Fsp3) is 0.500. The first-order valence-electron chi connectivity index (χ1n) is 7.27. The molecule has 0 bridgehead atoms. The molecule has 1 aromatic heterocycles. The second-order valence-corrected chi connectivity index (χ2v) is 5.14. The molecular weight excluding hydrogens is 250 g/mol. The summed E-state index contributed by atoms with van der Waals surface area (Å²) in [6.45, 7) is 8.34. The zero-order chi connectivity index (χ0) is 14.4. The number of benzene rings is 1. The van der Waals surface area contributed by atoms with Crippen molar-refractivity contribution >= 4 is 0 Å². The van der Waals surface area contributed by atoms with Crippen molar-refractivity contribution in [1.82, 2.24) is 15.5 Å². The minimum Gasteiger partial charge on any atom is -0.425 e. The number of rotatable bonds is 7. The number of hydrogen-bond donors (Lipinski definition) is 1. The lowest BCUT2D eigenvalue weighted by atomic mass is 10.0. The van der Waals surface area contributed by atoms with Crippen LogP contribution in [0.3, 0.4) is 0 Å². The Morgan fingerprint density at radius 1 is 1.10 bits per heavy atom. The largest absolute Gasteiger partial charge is 0.425 e. The first-order chi connectivity index (χ1) is 9.69. The Balaban J connectivity index is 1.90. The van der Waals surface area contributed by atoms with E-state index < -0.39 is 0 Å². The lowest BCUT2D eigenvalue weighted by molar-refractivity contribution is 0.449. The highest BCUT2D eigenvalue weighted by molar-refractivity contribution is 5.31. The van der Waals surface area contributed by atoms with Crippen molar-refractivity contribution in [3.05, 3.63) is 46.7 Å². The van der Waals surface area contributed by atoms with Crippen LogP contribution in [0, 0.1) is 13.8 Å². The molecule has 108 valence electrons. The highest BCUT2D eigenvalue weighted by atomic mass is 16.4. The summed E-state index contributed by atoms with van der Waals surface area (Å²) in [6, 6.07) is 6.44. The fourth-order valence-electron chi connectivity index (χ4n) is 2.09. The van der Waals surface area contributed by atoms with Gasteiger partial charge in [0.25, 0.3) is 0 Å². The molecule has 0 atom stereocenters. The fourth-order valence-corrected chi connectivity index (χ4v) is 2.09. The normalized spacial score (nSPS) is 10.9. The molecule has 0 aliphatic heterocycles. The minimum atomic E-state index is 0.701. The third kappa shape index (κ3) is 4.17. The van der Waals surface area contributed by atoms with Crippen LogP contribution in [0.5, 0.6) is 0 Å². The number of aromatic nitrogens is 2. The molecule has 20 heavy (non-hydrogen) atoms. The smallest absolute Gasteiger partial charge is 0.220 e. The summed E-state index contributed by atoms with van der Waals surface area (Å²) in [7, 11) is 0. The van der Waals surface area contributed by atoms with Gasteiger partial charge >= 0.3 is 0 Å². The van der Waals surface area contributed by atoms with Crippen LogP contribution in [0.25, 0.3) is 0 Å². The van der Waals surface area contributed by atoms with Gasteiger partial charge in [0.15, 0.2) is 0 Å². The highest BCUT2D eigenvalue weighted by Crippen LogP contribution is 2.14. The van der Waals surface area contributed by atoms with E-state index in [0.29, 0.717) is 12.3 Å². The maximum Gasteiger partial charge on any atom is 0.220 e. The van der Waals surface area contributed by atoms with Gasteiger partial charge in [0.2, 0.25) is 11.8 Å². The highest BCUT2D eigenvalue weighted by Gasteiger charge is 2.07. The maximum absolute atomic E-state index is 5.69. The predicted molar refractivity (Wildman–Crippen MR) is 79.9 cm³/mol. The van der Waals surface area contributed by atoms with Gasteiger partial charge in [-0.3, -0.25) is 0 Å². The first-order valence-corrected chi connectivity index (χ1v) is 7.27. The predicted octanol–water partition coefficient (Wildman–Crippen LogP) is 2.82. The summed E-state index contributed by atoms with van der Waals surface area (Å²) in [4.78, 5) is 0. The Hall–Kier alpha value is -1.68. The standard InChI is InChI=1S/C16H23N3O/c1-4-17-9-5-6-15-18-19-16(20-15)11-14-8-7-12(2)13(3)10-14/h7-8,10,17H,4-6,9,11H2,1-3H3. The molecule has 2 rings (SSSR count). The Morgan fingerprint density at radius 3 is 2.65 bits per heavy atom. The van der Waals surface area contributed by atoms with E-state index in [1.165, 1.54) is 16.7 Å². The van der Waals surface area contributed by atoms with E-state index in [9.17, 15) is 0 Å². The van der Waals surface area contributed by atoms with Gasteiger partial charge in [-0.05, 0) is 50.0 Å². The van der Waals surface area contributed by atoms with Crippen molar-refractivity contribution in [2.75, 3.05) is 13.1 Å². The van der Waals surface area contributed by atoms with Gasteiger partial charge in [-0.15, -0.1) is 10.2 Å². The molecule has 0 radical (unpaired) electrons. The van der Waals surface area contributed by atoms with Gasteiger partial charge < -0.3 is 9.73 Å². The van der Waals surface area contributed by atoms with Crippen molar-refractivity contribution in [2.45, 2.75) is 40.0 Å². The van der Waals surface area contributed by atoms with Gasteiger partial charge in [0.1, 0.15) is 0 Å². The van der Waals surface area contributed by atoms with E-state index in [-0.39, 0.29) is 0 Å².